The van der Waals surface area contributed by atoms with E-state index >= 15 is 0 Å². The third kappa shape index (κ3) is 4.02. The number of hydrogen-bond donors (Lipinski definition) is 1. The number of nitrogens with one attached hydrogen (secondary N) is 1. The zero-order chi connectivity index (χ0) is 11.9. The molecule has 0 spiro atoms. The topological polar surface area (TPSA) is 21.3 Å². The molecule has 1 heterocycles. The summed E-state index contributed by atoms with van der Waals surface area (Å²) in [5, 5.41) is 4.19. The Kier molecular flexibility index (Phi) is 5.36. The predicted octanol–water partition coefficient (Wildman–Crippen LogP) is 2.72. The minimum Gasteiger partial charge on any atom is -0.383 e. The molecular formula is C14H21NOS. The smallest absolute Gasteiger partial charge is 0.0587 e. The first-order valence-corrected chi connectivity index (χ1v) is 7.22. The molecule has 0 aromatic heterocycles. The molecule has 0 saturated heterocycles. The number of rotatable bonds is 7. The molecule has 1 aliphatic rings. The average Bonchev–Trinajstić information content (AvgIpc) is 2.76. The van der Waals surface area contributed by atoms with Crippen molar-refractivity contribution in [2.24, 2.45) is 0 Å². The van der Waals surface area contributed by atoms with E-state index in [1.165, 1.54) is 29.7 Å². The number of fused-ring (bicyclic) bond motifs is 1. The first-order valence-electron chi connectivity index (χ1n) is 6.34. The highest BCUT2D eigenvalue weighted by molar-refractivity contribution is 8.00. The summed E-state index contributed by atoms with van der Waals surface area (Å²) in [5.74, 6) is 0. The molecule has 1 atom stereocenters. The van der Waals surface area contributed by atoms with E-state index in [-0.39, 0.29) is 0 Å². The summed E-state index contributed by atoms with van der Waals surface area (Å²) in [6, 6.07) is 8.80. The van der Waals surface area contributed by atoms with E-state index in [4.69, 9.17) is 4.74 Å². The molecule has 1 aromatic rings. The lowest BCUT2D eigenvalue weighted by atomic mass is 10.1. The van der Waals surface area contributed by atoms with Gasteiger partial charge in [0.25, 0.3) is 0 Å². The van der Waals surface area contributed by atoms with Crippen LogP contribution in [0.25, 0.3) is 0 Å². The average molecular weight is 251 g/mol. The van der Waals surface area contributed by atoms with Crippen molar-refractivity contribution in [1.29, 1.82) is 0 Å². The summed E-state index contributed by atoms with van der Waals surface area (Å²) in [5.41, 5.74) is 1.54. The molecule has 2 rings (SSSR count). The Morgan fingerprint density at radius 3 is 3.06 bits per heavy atom. The molecule has 0 aliphatic carbocycles. The maximum absolute atomic E-state index is 5.00. The van der Waals surface area contributed by atoms with Gasteiger partial charge < -0.3 is 10.1 Å². The normalized spacial score (nSPS) is 18.3. The van der Waals surface area contributed by atoms with E-state index in [1.54, 1.807) is 7.11 Å². The molecule has 3 heteroatoms. The van der Waals surface area contributed by atoms with E-state index in [0.717, 1.165) is 24.9 Å². The van der Waals surface area contributed by atoms with Crippen molar-refractivity contribution in [3.05, 3.63) is 29.8 Å². The van der Waals surface area contributed by atoms with Gasteiger partial charge in [-0.25, -0.2) is 0 Å². The third-order valence-corrected chi connectivity index (χ3v) is 4.46. The van der Waals surface area contributed by atoms with Gasteiger partial charge >= 0.3 is 0 Å². The van der Waals surface area contributed by atoms with E-state index in [2.05, 4.69) is 41.3 Å². The Balaban J connectivity index is 1.60. The second-order valence-corrected chi connectivity index (χ2v) is 5.78. The largest absolute Gasteiger partial charge is 0.383 e. The molecule has 1 unspecified atom stereocenters. The quantitative estimate of drug-likeness (QED) is 0.753. The molecule has 1 N–H and O–H groups in total. The van der Waals surface area contributed by atoms with E-state index < -0.39 is 0 Å². The molecule has 0 amide bonds. The van der Waals surface area contributed by atoms with Gasteiger partial charge in [-0.05, 0) is 37.4 Å². The molecule has 0 radical (unpaired) electrons. The van der Waals surface area contributed by atoms with Crippen molar-refractivity contribution in [3.8, 4) is 0 Å². The Bertz CT molecular complexity index is 318. The molecule has 2 nitrogen and oxygen atoms in total. The molecule has 17 heavy (non-hydrogen) atoms. The van der Waals surface area contributed by atoms with Crippen LogP contribution >= 0.6 is 11.8 Å². The standard InChI is InChI=1S/C14H21NOS/c1-16-10-9-15-8-4-6-13-11-12-5-2-3-7-14(12)17-13/h2-3,5,7,13,15H,4,6,8-11H2,1H3. The van der Waals surface area contributed by atoms with Gasteiger partial charge in [0.1, 0.15) is 0 Å². The number of methoxy groups -OCH3 is 1. The van der Waals surface area contributed by atoms with E-state index in [0.29, 0.717) is 0 Å². The number of ether oxygens (including phenoxy) is 1. The zero-order valence-corrected chi connectivity index (χ0v) is 11.3. The minimum atomic E-state index is 0.789. The summed E-state index contributed by atoms with van der Waals surface area (Å²) in [4.78, 5) is 1.49. The highest BCUT2D eigenvalue weighted by Crippen LogP contribution is 2.38. The van der Waals surface area contributed by atoms with Crippen LogP contribution < -0.4 is 5.32 Å². The summed E-state index contributed by atoms with van der Waals surface area (Å²) in [7, 11) is 1.74. The Morgan fingerprint density at radius 1 is 1.35 bits per heavy atom. The summed E-state index contributed by atoms with van der Waals surface area (Å²) < 4.78 is 5.00. The van der Waals surface area contributed by atoms with Crippen LogP contribution in [-0.4, -0.2) is 32.1 Å². The van der Waals surface area contributed by atoms with Crippen LogP contribution in [0.3, 0.4) is 0 Å². The fraction of sp³-hybridized carbons (Fsp3) is 0.571. The van der Waals surface area contributed by atoms with Gasteiger partial charge in [-0.2, -0.15) is 0 Å². The van der Waals surface area contributed by atoms with Gasteiger partial charge in [0.05, 0.1) is 6.61 Å². The maximum Gasteiger partial charge on any atom is 0.0587 e. The zero-order valence-electron chi connectivity index (χ0n) is 10.4. The van der Waals surface area contributed by atoms with E-state index in [9.17, 15) is 0 Å². The fourth-order valence-electron chi connectivity index (χ4n) is 2.17. The molecule has 0 bridgehead atoms. The van der Waals surface area contributed by atoms with Crippen LogP contribution in [0.5, 0.6) is 0 Å². The number of benzene rings is 1. The fourth-order valence-corrected chi connectivity index (χ4v) is 3.54. The molecular weight excluding hydrogens is 230 g/mol. The van der Waals surface area contributed by atoms with Gasteiger partial charge in [-0.15, -0.1) is 11.8 Å². The second-order valence-electron chi connectivity index (χ2n) is 4.44. The second kappa shape index (κ2) is 7.04. The first-order chi connectivity index (χ1) is 8.40. The van der Waals surface area contributed by atoms with Crippen LogP contribution in [-0.2, 0) is 11.2 Å². The minimum absolute atomic E-state index is 0.789. The lowest BCUT2D eigenvalue weighted by molar-refractivity contribution is 0.199. The lowest BCUT2D eigenvalue weighted by Gasteiger charge is -2.08. The van der Waals surface area contributed by atoms with Gasteiger partial charge in [0, 0.05) is 23.8 Å². The van der Waals surface area contributed by atoms with Crippen molar-refractivity contribution < 1.29 is 4.74 Å². The Morgan fingerprint density at radius 2 is 2.24 bits per heavy atom. The highest BCUT2D eigenvalue weighted by Gasteiger charge is 2.20. The molecule has 1 aliphatic heterocycles. The van der Waals surface area contributed by atoms with Gasteiger partial charge in [0.2, 0.25) is 0 Å². The summed E-state index contributed by atoms with van der Waals surface area (Å²) >= 11 is 2.05. The van der Waals surface area contributed by atoms with Crippen LogP contribution in [0, 0.1) is 0 Å². The Labute approximate surface area is 108 Å². The molecule has 94 valence electrons. The summed E-state index contributed by atoms with van der Waals surface area (Å²) in [6.45, 7) is 2.88. The Hall–Kier alpha value is -0.510. The molecule has 0 fully saturated rings. The van der Waals surface area contributed by atoms with Crippen LogP contribution in [0.4, 0.5) is 0 Å². The summed E-state index contributed by atoms with van der Waals surface area (Å²) in [6.07, 6.45) is 3.81. The van der Waals surface area contributed by atoms with Crippen molar-refractivity contribution >= 4 is 11.8 Å². The maximum atomic E-state index is 5.00. The SMILES string of the molecule is COCCNCCCC1Cc2ccccc2S1. The lowest BCUT2D eigenvalue weighted by Crippen LogP contribution is -2.21. The first kappa shape index (κ1) is 12.9. The van der Waals surface area contributed by atoms with Crippen LogP contribution in [0.2, 0.25) is 0 Å². The number of thioether (sulfide) groups is 1. The monoisotopic (exact) mass is 251 g/mol. The van der Waals surface area contributed by atoms with Gasteiger partial charge in [-0.1, -0.05) is 18.2 Å². The molecule has 0 saturated carbocycles. The van der Waals surface area contributed by atoms with Crippen molar-refractivity contribution in [3.63, 3.8) is 0 Å². The van der Waals surface area contributed by atoms with Gasteiger partial charge in [0.15, 0.2) is 0 Å². The molecule has 1 aromatic carbocycles. The van der Waals surface area contributed by atoms with Crippen LogP contribution in [0.15, 0.2) is 29.2 Å². The van der Waals surface area contributed by atoms with Crippen molar-refractivity contribution in [2.45, 2.75) is 29.4 Å². The number of hydrogen-bond acceptors (Lipinski definition) is 3. The van der Waals surface area contributed by atoms with Crippen LogP contribution in [0.1, 0.15) is 18.4 Å². The van der Waals surface area contributed by atoms with Gasteiger partial charge in [-0.3, -0.25) is 0 Å². The third-order valence-electron chi connectivity index (χ3n) is 3.08. The van der Waals surface area contributed by atoms with Crippen molar-refractivity contribution in [2.75, 3.05) is 26.8 Å². The van der Waals surface area contributed by atoms with E-state index in [1.807, 2.05) is 0 Å². The van der Waals surface area contributed by atoms with Crippen molar-refractivity contribution in [1.82, 2.24) is 5.32 Å². The predicted molar refractivity (Wildman–Crippen MR) is 73.8 cm³/mol. The highest BCUT2D eigenvalue weighted by atomic mass is 32.2.